The van der Waals surface area contributed by atoms with E-state index in [0.717, 1.165) is 39.1 Å². The van der Waals surface area contributed by atoms with Gasteiger partial charge in [0.1, 0.15) is 0 Å². The molecule has 0 fully saturated rings. The first-order valence-corrected chi connectivity index (χ1v) is 7.05. The number of nitrogens with zero attached hydrogens (tertiary/aromatic N) is 2. The molecule has 0 rings (SSSR count). The van der Waals surface area contributed by atoms with Gasteiger partial charge in [-0.3, -0.25) is 0 Å². The van der Waals surface area contributed by atoms with Crippen molar-refractivity contribution in [3.05, 3.63) is 0 Å². The molecule has 0 atom stereocenters. The molecule has 4 heteroatoms. The lowest BCUT2D eigenvalue weighted by atomic mass is 10.4. The summed E-state index contributed by atoms with van der Waals surface area (Å²) in [7, 11) is 8.28. The Morgan fingerprint density at radius 3 is 1.39 bits per heavy atom. The molecule has 0 aromatic rings. The predicted molar refractivity (Wildman–Crippen MR) is 79.1 cm³/mol. The Bertz CT molecular complexity index is 137. The zero-order valence-electron chi connectivity index (χ0n) is 13.5. The minimum Gasteiger partial charge on any atom is -0.353 e. The Hall–Kier alpha value is -0.160. The molecule has 0 amide bonds. The van der Waals surface area contributed by atoms with E-state index in [2.05, 4.69) is 38.0 Å². The molecule has 0 saturated heterocycles. The third-order valence-electron chi connectivity index (χ3n) is 2.20. The van der Waals surface area contributed by atoms with E-state index in [-0.39, 0.29) is 6.29 Å². The van der Waals surface area contributed by atoms with E-state index in [4.69, 9.17) is 9.47 Å². The quantitative estimate of drug-likeness (QED) is 0.445. The minimum atomic E-state index is -0.0793. The Morgan fingerprint density at radius 1 is 0.778 bits per heavy atom. The van der Waals surface area contributed by atoms with E-state index in [1.165, 1.54) is 0 Å². The second-order valence-electron chi connectivity index (χ2n) is 4.62. The van der Waals surface area contributed by atoms with Crippen LogP contribution < -0.4 is 0 Å². The van der Waals surface area contributed by atoms with E-state index in [0.29, 0.717) is 0 Å². The molecule has 0 aromatic heterocycles. The van der Waals surface area contributed by atoms with Crippen molar-refractivity contribution in [3.8, 4) is 0 Å². The monoisotopic (exact) mass is 262 g/mol. The van der Waals surface area contributed by atoms with Crippen molar-refractivity contribution < 1.29 is 9.47 Å². The average Bonchev–Trinajstić information content (AvgIpc) is 2.32. The molecular formula is C14H34N2O2. The van der Waals surface area contributed by atoms with Crippen LogP contribution >= 0.6 is 0 Å². The maximum absolute atomic E-state index is 5.54. The van der Waals surface area contributed by atoms with Crippen LogP contribution in [0.15, 0.2) is 0 Å². The minimum absolute atomic E-state index is 0.0793. The smallest absolute Gasteiger partial charge is 0.154 e. The fourth-order valence-electron chi connectivity index (χ4n) is 1.31. The van der Waals surface area contributed by atoms with Gasteiger partial charge in [0, 0.05) is 0 Å². The summed E-state index contributed by atoms with van der Waals surface area (Å²) < 4.78 is 11.1. The molecule has 0 aliphatic carbocycles. The summed E-state index contributed by atoms with van der Waals surface area (Å²) in [6.45, 7) is 9.63. The zero-order valence-corrected chi connectivity index (χ0v) is 13.5. The van der Waals surface area contributed by atoms with Crippen LogP contribution in [0.4, 0.5) is 0 Å². The van der Waals surface area contributed by atoms with Gasteiger partial charge < -0.3 is 19.3 Å². The largest absolute Gasteiger partial charge is 0.353 e. The Kier molecular flexibility index (Phi) is 16.7. The van der Waals surface area contributed by atoms with Crippen LogP contribution in [0.25, 0.3) is 0 Å². The number of hydrogen-bond donors (Lipinski definition) is 0. The molecule has 0 N–H and O–H groups in total. The number of hydrogen-bond acceptors (Lipinski definition) is 4. The van der Waals surface area contributed by atoms with Crippen LogP contribution in [-0.2, 0) is 9.47 Å². The standard InChI is InChI=1S/C12H28N2O2.C2H6/c1-12(15-10-6-8-13(2)3)16-11-7-9-14(4)5;1-2/h12H,6-11H2,1-5H3;1-2H3. The van der Waals surface area contributed by atoms with Gasteiger partial charge in [0.2, 0.25) is 0 Å². The van der Waals surface area contributed by atoms with Crippen molar-refractivity contribution in [1.82, 2.24) is 9.80 Å². The zero-order chi connectivity index (χ0) is 14.4. The van der Waals surface area contributed by atoms with Gasteiger partial charge in [0.25, 0.3) is 0 Å². The molecule has 0 bridgehead atoms. The van der Waals surface area contributed by atoms with E-state index < -0.39 is 0 Å². The second-order valence-corrected chi connectivity index (χ2v) is 4.62. The molecule has 4 nitrogen and oxygen atoms in total. The summed E-state index contributed by atoms with van der Waals surface area (Å²) in [6.07, 6.45) is 2.03. The molecular weight excluding hydrogens is 228 g/mol. The van der Waals surface area contributed by atoms with Crippen molar-refractivity contribution in [3.63, 3.8) is 0 Å². The van der Waals surface area contributed by atoms with E-state index >= 15 is 0 Å². The normalized spacial score (nSPS) is 11.0. The van der Waals surface area contributed by atoms with Crippen molar-refractivity contribution in [1.29, 1.82) is 0 Å². The van der Waals surface area contributed by atoms with Gasteiger partial charge >= 0.3 is 0 Å². The van der Waals surface area contributed by atoms with Crippen LogP contribution in [0, 0.1) is 0 Å². The molecule has 0 radical (unpaired) electrons. The number of rotatable bonds is 10. The Balaban J connectivity index is 0. The van der Waals surface area contributed by atoms with E-state index in [1.54, 1.807) is 0 Å². The molecule has 0 spiro atoms. The van der Waals surface area contributed by atoms with Gasteiger partial charge in [-0.05, 0) is 61.0 Å². The van der Waals surface area contributed by atoms with Crippen molar-refractivity contribution in [2.24, 2.45) is 0 Å². The molecule has 0 heterocycles. The first kappa shape index (κ1) is 20.2. The lowest BCUT2D eigenvalue weighted by Crippen LogP contribution is -2.20. The maximum Gasteiger partial charge on any atom is 0.154 e. The lowest BCUT2D eigenvalue weighted by molar-refractivity contribution is -0.132. The van der Waals surface area contributed by atoms with E-state index in [9.17, 15) is 0 Å². The second kappa shape index (κ2) is 14.9. The van der Waals surface area contributed by atoms with Crippen LogP contribution in [0.3, 0.4) is 0 Å². The predicted octanol–water partition coefficient (Wildman–Crippen LogP) is 2.30. The molecule has 0 aromatic carbocycles. The summed E-state index contributed by atoms with van der Waals surface area (Å²) in [5.41, 5.74) is 0. The highest BCUT2D eigenvalue weighted by atomic mass is 16.7. The van der Waals surface area contributed by atoms with Crippen molar-refractivity contribution in [2.75, 3.05) is 54.5 Å². The molecule has 0 saturated carbocycles. The summed E-state index contributed by atoms with van der Waals surface area (Å²) in [4.78, 5) is 4.32. The fourth-order valence-corrected chi connectivity index (χ4v) is 1.31. The molecule has 0 aliphatic rings. The summed E-state index contributed by atoms with van der Waals surface area (Å²) in [5.74, 6) is 0. The lowest BCUT2D eigenvalue weighted by Gasteiger charge is -2.16. The summed E-state index contributed by atoms with van der Waals surface area (Å²) >= 11 is 0. The van der Waals surface area contributed by atoms with Gasteiger partial charge in [-0.15, -0.1) is 0 Å². The summed E-state index contributed by atoms with van der Waals surface area (Å²) in [5, 5.41) is 0. The van der Waals surface area contributed by atoms with E-state index in [1.807, 2.05) is 20.8 Å². The third-order valence-corrected chi connectivity index (χ3v) is 2.20. The van der Waals surface area contributed by atoms with Gasteiger partial charge in [0.15, 0.2) is 6.29 Å². The molecule has 112 valence electrons. The Labute approximate surface area is 114 Å². The molecule has 0 aliphatic heterocycles. The fraction of sp³-hybridized carbons (Fsp3) is 1.00. The Morgan fingerprint density at radius 2 is 1.11 bits per heavy atom. The van der Waals surface area contributed by atoms with Crippen molar-refractivity contribution in [2.45, 2.75) is 39.9 Å². The first-order valence-electron chi connectivity index (χ1n) is 7.05. The molecule has 18 heavy (non-hydrogen) atoms. The highest BCUT2D eigenvalue weighted by Crippen LogP contribution is 1.97. The van der Waals surface area contributed by atoms with Gasteiger partial charge in [-0.1, -0.05) is 13.8 Å². The van der Waals surface area contributed by atoms with Gasteiger partial charge in [0.05, 0.1) is 13.2 Å². The SMILES string of the molecule is CC.CC(OCCCN(C)C)OCCCN(C)C. The van der Waals surface area contributed by atoms with Crippen LogP contribution in [0.2, 0.25) is 0 Å². The highest BCUT2D eigenvalue weighted by molar-refractivity contribution is 4.45. The van der Waals surface area contributed by atoms with Gasteiger partial charge in [-0.25, -0.2) is 0 Å². The highest BCUT2D eigenvalue weighted by Gasteiger charge is 2.01. The number of ether oxygens (including phenoxy) is 2. The topological polar surface area (TPSA) is 24.9 Å². The maximum atomic E-state index is 5.54. The summed E-state index contributed by atoms with van der Waals surface area (Å²) in [6, 6.07) is 0. The first-order chi connectivity index (χ1) is 8.52. The third kappa shape index (κ3) is 18.2. The van der Waals surface area contributed by atoms with Gasteiger partial charge in [-0.2, -0.15) is 0 Å². The molecule has 0 unspecified atom stereocenters. The average molecular weight is 262 g/mol. The van der Waals surface area contributed by atoms with Crippen LogP contribution in [-0.4, -0.2) is 70.6 Å². The van der Waals surface area contributed by atoms with Crippen LogP contribution in [0.1, 0.15) is 33.6 Å². The van der Waals surface area contributed by atoms with Crippen molar-refractivity contribution >= 4 is 0 Å². The van der Waals surface area contributed by atoms with Crippen LogP contribution in [0.5, 0.6) is 0 Å².